The van der Waals surface area contributed by atoms with Gasteiger partial charge in [0, 0.05) is 16.5 Å². The van der Waals surface area contributed by atoms with Crippen LogP contribution in [0.25, 0.3) is 11.0 Å². The highest BCUT2D eigenvalue weighted by Gasteiger charge is 2.22. The number of nitrogens with one attached hydrogen (secondary N) is 2. The van der Waals surface area contributed by atoms with Crippen LogP contribution in [0.2, 0.25) is 0 Å². The fourth-order valence-electron chi connectivity index (χ4n) is 3.34. The number of rotatable bonds is 3. The Morgan fingerprint density at radius 3 is 2.96 bits per heavy atom. The van der Waals surface area contributed by atoms with Crippen molar-refractivity contribution >= 4 is 22.7 Å². The molecule has 6 nitrogen and oxygen atoms in total. The number of benzene rings is 1. The molecule has 1 saturated heterocycles. The lowest BCUT2D eigenvalue weighted by molar-refractivity contribution is 0.102. The maximum atomic E-state index is 12.4. The average molecular weight is 324 g/mol. The Labute approximate surface area is 139 Å². The molecule has 1 aliphatic heterocycles. The van der Waals surface area contributed by atoms with Crippen LogP contribution in [0.3, 0.4) is 0 Å². The van der Waals surface area contributed by atoms with E-state index in [-0.39, 0.29) is 5.91 Å². The summed E-state index contributed by atoms with van der Waals surface area (Å²) in [6, 6.07) is 5.59. The number of likely N-dealkylation sites (tertiary alicyclic amines) is 1. The molecule has 4 rings (SSSR count). The minimum atomic E-state index is -0.156. The SMILES string of the molecule is CN1CCC(c2coc3ccc(C(=O)Nc4cnc[nH]4)cc23)CC1. The van der Waals surface area contributed by atoms with Gasteiger partial charge in [0.25, 0.3) is 5.91 Å². The minimum Gasteiger partial charge on any atom is -0.464 e. The Morgan fingerprint density at radius 2 is 2.21 bits per heavy atom. The number of amides is 1. The van der Waals surface area contributed by atoms with Gasteiger partial charge in [-0.25, -0.2) is 4.98 Å². The average Bonchev–Trinajstić information content (AvgIpc) is 3.24. The zero-order valence-electron chi connectivity index (χ0n) is 13.6. The van der Waals surface area contributed by atoms with Crippen LogP contribution in [-0.4, -0.2) is 40.9 Å². The van der Waals surface area contributed by atoms with Crippen LogP contribution >= 0.6 is 0 Å². The largest absolute Gasteiger partial charge is 0.464 e. The van der Waals surface area contributed by atoms with Crippen LogP contribution < -0.4 is 5.32 Å². The van der Waals surface area contributed by atoms with Gasteiger partial charge in [-0.15, -0.1) is 0 Å². The monoisotopic (exact) mass is 324 g/mol. The Balaban J connectivity index is 1.62. The van der Waals surface area contributed by atoms with Gasteiger partial charge in [-0.2, -0.15) is 0 Å². The lowest BCUT2D eigenvalue weighted by Crippen LogP contribution is -2.29. The normalized spacial score (nSPS) is 16.5. The lowest BCUT2D eigenvalue weighted by Gasteiger charge is -2.28. The molecule has 124 valence electrons. The Hall–Kier alpha value is -2.60. The predicted molar refractivity (Wildman–Crippen MR) is 92.2 cm³/mol. The van der Waals surface area contributed by atoms with Crippen LogP contribution in [0.15, 0.2) is 41.4 Å². The van der Waals surface area contributed by atoms with Gasteiger partial charge >= 0.3 is 0 Å². The van der Waals surface area contributed by atoms with Crippen molar-refractivity contribution in [3.8, 4) is 0 Å². The molecule has 0 unspecified atom stereocenters. The van der Waals surface area contributed by atoms with Crippen molar-refractivity contribution in [3.05, 3.63) is 48.1 Å². The molecule has 1 aromatic carbocycles. The molecule has 0 radical (unpaired) electrons. The first-order valence-electron chi connectivity index (χ1n) is 8.20. The molecule has 6 heteroatoms. The van der Waals surface area contributed by atoms with E-state index in [0.29, 0.717) is 17.3 Å². The summed E-state index contributed by atoms with van der Waals surface area (Å²) in [5.41, 5.74) is 2.67. The summed E-state index contributed by atoms with van der Waals surface area (Å²) >= 11 is 0. The molecule has 24 heavy (non-hydrogen) atoms. The van der Waals surface area contributed by atoms with Gasteiger partial charge in [0.1, 0.15) is 11.4 Å². The van der Waals surface area contributed by atoms with E-state index in [2.05, 4.69) is 27.2 Å². The van der Waals surface area contributed by atoms with E-state index in [1.165, 1.54) is 11.9 Å². The standard InChI is InChI=1S/C18H20N4O2/c1-22-6-4-12(5-7-22)15-10-24-16-3-2-13(8-14(15)16)18(23)21-17-9-19-11-20-17/h2-3,8-12H,4-7H2,1H3,(H,19,20)(H,21,23). The second kappa shape index (κ2) is 6.13. The van der Waals surface area contributed by atoms with Gasteiger partial charge in [0.2, 0.25) is 0 Å². The number of piperidine rings is 1. The van der Waals surface area contributed by atoms with Gasteiger partial charge in [0.15, 0.2) is 0 Å². The van der Waals surface area contributed by atoms with E-state index in [1.54, 1.807) is 12.3 Å². The maximum Gasteiger partial charge on any atom is 0.256 e. The van der Waals surface area contributed by atoms with E-state index in [4.69, 9.17) is 4.42 Å². The summed E-state index contributed by atoms with van der Waals surface area (Å²) in [5.74, 6) is 0.924. The van der Waals surface area contributed by atoms with Gasteiger partial charge in [-0.05, 0) is 57.1 Å². The maximum absolute atomic E-state index is 12.4. The molecule has 0 saturated carbocycles. The number of hydrogen-bond acceptors (Lipinski definition) is 4. The zero-order chi connectivity index (χ0) is 16.5. The lowest BCUT2D eigenvalue weighted by atomic mass is 9.89. The van der Waals surface area contributed by atoms with Gasteiger partial charge in [-0.1, -0.05) is 0 Å². The van der Waals surface area contributed by atoms with Crippen molar-refractivity contribution in [2.24, 2.45) is 0 Å². The molecule has 2 N–H and O–H groups in total. The van der Waals surface area contributed by atoms with Crippen molar-refractivity contribution in [2.75, 3.05) is 25.5 Å². The number of aromatic amines is 1. The number of fused-ring (bicyclic) bond motifs is 1. The molecule has 0 spiro atoms. The van der Waals surface area contributed by atoms with Crippen molar-refractivity contribution in [1.82, 2.24) is 14.9 Å². The summed E-state index contributed by atoms with van der Waals surface area (Å²) in [5, 5.41) is 3.85. The van der Waals surface area contributed by atoms with Crippen LogP contribution in [0.5, 0.6) is 0 Å². The second-order valence-corrected chi connectivity index (χ2v) is 6.40. The number of anilines is 1. The van der Waals surface area contributed by atoms with Gasteiger partial charge in [-0.3, -0.25) is 4.79 Å². The molecule has 1 aliphatic rings. The van der Waals surface area contributed by atoms with E-state index in [1.807, 2.05) is 18.4 Å². The van der Waals surface area contributed by atoms with Crippen molar-refractivity contribution in [2.45, 2.75) is 18.8 Å². The van der Waals surface area contributed by atoms with E-state index >= 15 is 0 Å². The molecule has 0 atom stereocenters. The minimum absolute atomic E-state index is 0.156. The number of aromatic nitrogens is 2. The summed E-state index contributed by atoms with van der Waals surface area (Å²) in [6.45, 7) is 2.19. The summed E-state index contributed by atoms with van der Waals surface area (Å²) in [7, 11) is 2.15. The Morgan fingerprint density at radius 1 is 1.38 bits per heavy atom. The summed E-state index contributed by atoms with van der Waals surface area (Å²) in [6.07, 6.45) is 7.22. The fraction of sp³-hybridized carbons (Fsp3) is 0.333. The molecule has 1 amide bonds. The number of H-pyrrole nitrogens is 1. The molecule has 2 aromatic heterocycles. The van der Waals surface area contributed by atoms with Crippen LogP contribution in [0, 0.1) is 0 Å². The molecule has 0 aliphatic carbocycles. The third kappa shape index (κ3) is 2.80. The molecular weight excluding hydrogens is 304 g/mol. The first-order valence-corrected chi connectivity index (χ1v) is 8.20. The van der Waals surface area contributed by atoms with Gasteiger partial charge < -0.3 is 19.6 Å². The molecule has 1 fully saturated rings. The third-order valence-corrected chi connectivity index (χ3v) is 4.77. The molecule has 3 heterocycles. The molecule has 0 bridgehead atoms. The summed E-state index contributed by atoms with van der Waals surface area (Å²) < 4.78 is 5.71. The highest BCUT2D eigenvalue weighted by atomic mass is 16.3. The molecular formula is C18H20N4O2. The van der Waals surface area contributed by atoms with E-state index < -0.39 is 0 Å². The topological polar surface area (TPSA) is 74.2 Å². The number of furan rings is 1. The van der Waals surface area contributed by atoms with E-state index in [9.17, 15) is 4.79 Å². The number of hydrogen-bond donors (Lipinski definition) is 2. The summed E-state index contributed by atoms with van der Waals surface area (Å²) in [4.78, 5) is 21.5. The number of nitrogens with zero attached hydrogens (tertiary/aromatic N) is 2. The fourth-order valence-corrected chi connectivity index (χ4v) is 3.34. The van der Waals surface area contributed by atoms with Crippen LogP contribution in [0.4, 0.5) is 5.82 Å². The van der Waals surface area contributed by atoms with Gasteiger partial charge in [0.05, 0.1) is 18.8 Å². The van der Waals surface area contributed by atoms with Crippen molar-refractivity contribution in [3.63, 3.8) is 0 Å². The highest BCUT2D eigenvalue weighted by Crippen LogP contribution is 2.34. The third-order valence-electron chi connectivity index (χ3n) is 4.77. The smallest absolute Gasteiger partial charge is 0.256 e. The quantitative estimate of drug-likeness (QED) is 0.776. The van der Waals surface area contributed by atoms with E-state index in [0.717, 1.165) is 36.9 Å². The number of carbonyl (C=O) groups is 1. The number of carbonyl (C=O) groups excluding carboxylic acids is 1. The zero-order valence-corrected chi connectivity index (χ0v) is 13.6. The Kier molecular flexibility index (Phi) is 3.82. The first-order chi connectivity index (χ1) is 11.7. The van der Waals surface area contributed by atoms with Crippen LogP contribution in [-0.2, 0) is 0 Å². The first kappa shape index (κ1) is 15.0. The molecule has 3 aromatic rings. The number of imidazole rings is 1. The van der Waals surface area contributed by atoms with Crippen molar-refractivity contribution in [1.29, 1.82) is 0 Å². The van der Waals surface area contributed by atoms with Crippen molar-refractivity contribution < 1.29 is 9.21 Å². The predicted octanol–water partition coefficient (Wildman–Crippen LogP) is 3.22. The van der Waals surface area contributed by atoms with Crippen LogP contribution in [0.1, 0.15) is 34.7 Å². The highest BCUT2D eigenvalue weighted by molar-refractivity contribution is 6.05. The Bertz CT molecular complexity index is 845. The second-order valence-electron chi connectivity index (χ2n) is 6.40.